The summed E-state index contributed by atoms with van der Waals surface area (Å²) in [5, 5.41) is 6.15. The van der Waals surface area contributed by atoms with Gasteiger partial charge in [-0.15, -0.1) is 0 Å². The molecular formula is C14H15F3N4O. The van der Waals surface area contributed by atoms with Gasteiger partial charge < -0.3 is 10.2 Å². The number of carbonyl (C=O) groups excluding carboxylic acids is 1. The van der Waals surface area contributed by atoms with Gasteiger partial charge >= 0.3 is 6.18 Å². The van der Waals surface area contributed by atoms with Crippen molar-refractivity contribution in [2.24, 2.45) is 7.05 Å². The SMILES string of the molecule is CN(C)c1nn(C)c(C(F)(F)F)c1NC(=O)c1ccccc1. The van der Waals surface area contributed by atoms with E-state index >= 15 is 0 Å². The number of alkyl halides is 3. The first kappa shape index (κ1) is 15.9. The van der Waals surface area contributed by atoms with Crippen LogP contribution in [0.2, 0.25) is 0 Å². The van der Waals surface area contributed by atoms with E-state index in [0.717, 1.165) is 4.68 Å². The molecule has 1 aromatic carbocycles. The molecule has 1 N–H and O–H groups in total. The summed E-state index contributed by atoms with van der Waals surface area (Å²) in [7, 11) is 4.30. The van der Waals surface area contributed by atoms with E-state index in [1.165, 1.54) is 24.1 Å². The third kappa shape index (κ3) is 3.05. The fourth-order valence-electron chi connectivity index (χ4n) is 2.04. The van der Waals surface area contributed by atoms with E-state index in [-0.39, 0.29) is 17.1 Å². The van der Waals surface area contributed by atoms with Crippen LogP contribution in [0.1, 0.15) is 16.1 Å². The smallest absolute Gasteiger partial charge is 0.360 e. The molecule has 0 aliphatic carbocycles. The van der Waals surface area contributed by atoms with Crippen molar-refractivity contribution in [1.29, 1.82) is 0 Å². The number of aryl methyl sites for hydroxylation is 1. The van der Waals surface area contributed by atoms with E-state index in [0.29, 0.717) is 0 Å². The van der Waals surface area contributed by atoms with Gasteiger partial charge in [0.1, 0.15) is 5.69 Å². The molecule has 2 aromatic rings. The lowest BCUT2D eigenvalue weighted by atomic mass is 10.2. The van der Waals surface area contributed by atoms with Crippen molar-refractivity contribution in [3.05, 3.63) is 41.6 Å². The monoisotopic (exact) mass is 312 g/mol. The molecule has 0 saturated carbocycles. The van der Waals surface area contributed by atoms with E-state index in [2.05, 4.69) is 10.4 Å². The van der Waals surface area contributed by atoms with Gasteiger partial charge in [-0.3, -0.25) is 9.48 Å². The number of halogens is 3. The summed E-state index contributed by atoms with van der Waals surface area (Å²) in [4.78, 5) is 13.6. The first-order valence-corrected chi connectivity index (χ1v) is 6.39. The minimum atomic E-state index is -4.63. The molecule has 8 heteroatoms. The molecular weight excluding hydrogens is 297 g/mol. The van der Waals surface area contributed by atoms with E-state index in [4.69, 9.17) is 0 Å². The fourth-order valence-corrected chi connectivity index (χ4v) is 2.04. The zero-order valence-corrected chi connectivity index (χ0v) is 12.3. The van der Waals surface area contributed by atoms with Crippen molar-refractivity contribution >= 4 is 17.4 Å². The second-order valence-electron chi connectivity index (χ2n) is 4.88. The molecule has 22 heavy (non-hydrogen) atoms. The Morgan fingerprint density at radius 2 is 1.82 bits per heavy atom. The molecule has 0 atom stereocenters. The van der Waals surface area contributed by atoms with Crippen molar-refractivity contribution in [3.63, 3.8) is 0 Å². The number of hydrogen-bond acceptors (Lipinski definition) is 3. The molecule has 0 spiro atoms. The predicted molar refractivity (Wildman–Crippen MR) is 76.9 cm³/mol. The Morgan fingerprint density at radius 3 is 2.32 bits per heavy atom. The van der Waals surface area contributed by atoms with Crippen molar-refractivity contribution in [2.45, 2.75) is 6.18 Å². The van der Waals surface area contributed by atoms with Gasteiger partial charge in [0.05, 0.1) is 0 Å². The van der Waals surface area contributed by atoms with E-state index in [1.807, 2.05) is 0 Å². The van der Waals surface area contributed by atoms with Gasteiger partial charge in [0, 0.05) is 26.7 Å². The summed E-state index contributed by atoms with van der Waals surface area (Å²) < 4.78 is 40.3. The van der Waals surface area contributed by atoms with Gasteiger partial charge in [0.2, 0.25) is 0 Å². The molecule has 0 aliphatic heterocycles. The zero-order chi connectivity index (χ0) is 16.5. The molecule has 1 heterocycles. The number of amides is 1. The van der Waals surface area contributed by atoms with Gasteiger partial charge in [-0.2, -0.15) is 18.3 Å². The van der Waals surface area contributed by atoms with Crippen LogP contribution < -0.4 is 10.2 Å². The first-order chi connectivity index (χ1) is 10.2. The van der Waals surface area contributed by atoms with Gasteiger partial charge in [-0.05, 0) is 12.1 Å². The number of benzene rings is 1. The second kappa shape index (κ2) is 5.70. The molecule has 0 unspecified atom stereocenters. The maximum atomic E-state index is 13.2. The fraction of sp³-hybridized carbons (Fsp3) is 0.286. The lowest BCUT2D eigenvalue weighted by Crippen LogP contribution is -2.19. The average Bonchev–Trinajstić information content (AvgIpc) is 2.76. The number of anilines is 2. The quantitative estimate of drug-likeness (QED) is 0.948. The third-order valence-electron chi connectivity index (χ3n) is 3.00. The van der Waals surface area contributed by atoms with E-state index in [1.54, 1.807) is 32.3 Å². The topological polar surface area (TPSA) is 50.2 Å². The van der Waals surface area contributed by atoms with Crippen molar-refractivity contribution in [1.82, 2.24) is 9.78 Å². The number of hydrogen-bond donors (Lipinski definition) is 1. The summed E-state index contributed by atoms with van der Waals surface area (Å²) in [6.07, 6.45) is -4.63. The number of carbonyl (C=O) groups is 1. The van der Waals surface area contributed by atoms with Crippen LogP contribution in [0.5, 0.6) is 0 Å². The lowest BCUT2D eigenvalue weighted by molar-refractivity contribution is -0.143. The molecule has 0 aliphatic rings. The highest BCUT2D eigenvalue weighted by Gasteiger charge is 2.40. The summed E-state index contributed by atoms with van der Waals surface area (Å²) in [5.41, 5.74) is -1.08. The number of nitrogens with zero attached hydrogens (tertiary/aromatic N) is 3. The standard InChI is InChI=1S/C14H15F3N4O/c1-20(2)12-10(11(14(15,16)17)21(3)19-12)18-13(22)9-7-5-4-6-8-9/h4-8H,1-3H3,(H,18,22). The van der Waals surface area contributed by atoms with Crippen LogP contribution in [0, 0.1) is 0 Å². The summed E-state index contributed by atoms with van der Waals surface area (Å²) >= 11 is 0. The van der Waals surface area contributed by atoms with Crippen LogP contribution in [0.15, 0.2) is 30.3 Å². The van der Waals surface area contributed by atoms with Gasteiger partial charge in [0.15, 0.2) is 11.5 Å². The highest BCUT2D eigenvalue weighted by molar-refractivity contribution is 6.06. The van der Waals surface area contributed by atoms with Crippen LogP contribution >= 0.6 is 0 Å². The van der Waals surface area contributed by atoms with Crippen molar-refractivity contribution in [2.75, 3.05) is 24.3 Å². The zero-order valence-electron chi connectivity index (χ0n) is 12.3. The molecule has 5 nitrogen and oxygen atoms in total. The Kier molecular flexibility index (Phi) is 4.11. The molecule has 2 rings (SSSR count). The molecule has 0 radical (unpaired) electrons. The molecule has 1 amide bonds. The van der Waals surface area contributed by atoms with Gasteiger partial charge in [-0.1, -0.05) is 18.2 Å². The van der Waals surface area contributed by atoms with E-state index < -0.39 is 17.8 Å². The number of rotatable bonds is 3. The third-order valence-corrected chi connectivity index (χ3v) is 3.00. The highest BCUT2D eigenvalue weighted by Crippen LogP contribution is 2.39. The summed E-state index contributed by atoms with van der Waals surface area (Å²) in [5.74, 6) is -0.582. The lowest BCUT2D eigenvalue weighted by Gasteiger charge is -2.14. The minimum Gasteiger partial charge on any atom is -0.360 e. The Morgan fingerprint density at radius 1 is 1.23 bits per heavy atom. The van der Waals surface area contributed by atoms with Crippen molar-refractivity contribution in [3.8, 4) is 0 Å². The molecule has 1 aromatic heterocycles. The average molecular weight is 312 g/mol. The maximum absolute atomic E-state index is 13.2. The Balaban J connectivity index is 2.47. The maximum Gasteiger partial charge on any atom is 0.435 e. The van der Waals surface area contributed by atoms with Crippen LogP contribution in [0.4, 0.5) is 24.7 Å². The van der Waals surface area contributed by atoms with E-state index in [9.17, 15) is 18.0 Å². The van der Waals surface area contributed by atoms with Crippen LogP contribution in [0.25, 0.3) is 0 Å². The first-order valence-electron chi connectivity index (χ1n) is 6.39. The number of aromatic nitrogens is 2. The highest BCUT2D eigenvalue weighted by atomic mass is 19.4. The molecule has 118 valence electrons. The van der Waals surface area contributed by atoms with Crippen molar-refractivity contribution < 1.29 is 18.0 Å². The minimum absolute atomic E-state index is 0.0408. The Labute approximate surface area is 125 Å². The van der Waals surface area contributed by atoms with Crippen LogP contribution in [-0.2, 0) is 13.2 Å². The number of nitrogens with one attached hydrogen (secondary N) is 1. The van der Waals surface area contributed by atoms with Crippen LogP contribution in [-0.4, -0.2) is 29.8 Å². The Bertz CT molecular complexity index is 677. The molecule has 0 fully saturated rings. The molecule has 0 bridgehead atoms. The predicted octanol–water partition coefficient (Wildman–Crippen LogP) is 2.76. The normalized spacial score (nSPS) is 11.4. The Hall–Kier alpha value is -2.51. The largest absolute Gasteiger partial charge is 0.435 e. The summed E-state index contributed by atoms with van der Waals surface area (Å²) in [6.45, 7) is 0. The second-order valence-corrected chi connectivity index (χ2v) is 4.88. The van der Waals surface area contributed by atoms with Gasteiger partial charge in [0.25, 0.3) is 5.91 Å². The molecule has 0 saturated heterocycles. The summed E-state index contributed by atoms with van der Waals surface area (Å²) in [6, 6.07) is 8.03. The van der Waals surface area contributed by atoms with Gasteiger partial charge in [-0.25, -0.2) is 0 Å². The van der Waals surface area contributed by atoms with Crippen LogP contribution in [0.3, 0.4) is 0 Å².